The molecular formula is C10H8FN3S. The van der Waals surface area contributed by atoms with Gasteiger partial charge in [0.1, 0.15) is 18.4 Å². The van der Waals surface area contributed by atoms with E-state index >= 15 is 0 Å². The summed E-state index contributed by atoms with van der Waals surface area (Å²) in [6.07, 6.45) is 1.58. The summed E-state index contributed by atoms with van der Waals surface area (Å²) in [6.45, 7) is -0.283. The van der Waals surface area contributed by atoms with Crippen molar-refractivity contribution in [3.63, 3.8) is 0 Å². The fraction of sp³-hybridized carbons (Fsp3) is 0.200. The molecule has 0 N–H and O–H groups in total. The molecule has 0 aliphatic rings. The average Bonchev–Trinajstić information content (AvgIpc) is 2.84. The van der Waals surface area contributed by atoms with Crippen molar-refractivity contribution in [2.45, 2.75) is 6.54 Å². The first-order chi connectivity index (χ1) is 7.35. The second kappa shape index (κ2) is 4.24. The Hall–Kier alpha value is -1.67. The van der Waals surface area contributed by atoms with Gasteiger partial charge in [-0.3, -0.25) is 4.68 Å². The fourth-order valence-electron chi connectivity index (χ4n) is 1.32. The molecule has 0 amide bonds. The Morgan fingerprint density at radius 3 is 3.07 bits per heavy atom. The Kier molecular flexibility index (Phi) is 2.79. The molecule has 0 spiro atoms. The molecule has 5 heteroatoms. The third-order valence-corrected chi connectivity index (χ3v) is 2.67. The number of hydrogen-bond donors (Lipinski definition) is 0. The monoisotopic (exact) mass is 221 g/mol. The van der Waals surface area contributed by atoms with E-state index in [0.717, 1.165) is 5.56 Å². The maximum absolute atomic E-state index is 12.1. The van der Waals surface area contributed by atoms with Gasteiger partial charge in [0.15, 0.2) is 0 Å². The summed E-state index contributed by atoms with van der Waals surface area (Å²) < 4.78 is 13.6. The standard InChI is InChI=1S/C10H8FN3S/c11-2-3-14-6-9(5-12)10(13-14)8-1-4-15-7-8/h1,4,6-7H,2-3H2. The molecule has 15 heavy (non-hydrogen) atoms. The molecule has 0 saturated carbocycles. The molecule has 0 atom stereocenters. The van der Waals surface area contributed by atoms with E-state index in [-0.39, 0.29) is 6.54 Å². The highest BCUT2D eigenvalue weighted by Gasteiger charge is 2.10. The van der Waals surface area contributed by atoms with Gasteiger partial charge in [-0.25, -0.2) is 4.39 Å². The summed E-state index contributed by atoms with van der Waals surface area (Å²) in [4.78, 5) is 0. The van der Waals surface area contributed by atoms with Gasteiger partial charge in [0, 0.05) is 17.1 Å². The zero-order chi connectivity index (χ0) is 10.7. The lowest BCUT2D eigenvalue weighted by atomic mass is 10.2. The first-order valence-corrected chi connectivity index (χ1v) is 5.35. The van der Waals surface area contributed by atoms with Crippen LogP contribution in [0.15, 0.2) is 23.0 Å². The average molecular weight is 221 g/mol. The molecule has 0 aliphatic heterocycles. The van der Waals surface area contributed by atoms with Gasteiger partial charge in [-0.15, -0.1) is 0 Å². The molecule has 2 aromatic rings. The van der Waals surface area contributed by atoms with E-state index < -0.39 is 6.67 Å². The van der Waals surface area contributed by atoms with Crippen molar-refractivity contribution in [2.75, 3.05) is 6.67 Å². The van der Waals surface area contributed by atoms with Crippen LogP contribution in [0.5, 0.6) is 0 Å². The van der Waals surface area contributed by atoms with Crippen LogP contribution in [0.1, 0.15) is 5.56 Å². The Labute approximate surface area is 90.4 Å². The van der Waals surface area contributed by atoms with Gasteiger partial charge in [-0.05, 0) is 11.4 Å². The molecule has 0 bridgehead atoms. The van der Waals surface area contributed by atoms with Crippen LogP contribution >= 0.6 is 11.3 Å². The first-order valence-electron chi connectivity index (χ1n) is 4.41. The van der Waals surface area contributed by atoms with Gasteiger partial charge in [-0.1, -0.05) is 0 Å². The lowest BCUT2D eigenvalue weighted by Crippen LogP contribution is -1.99. The number of nitriles is 1. The summed E-state index contributed by atoms with van der Waals surface area (Å²) in [5.74, 6) is 0. The molecule has 0 fully saturated rings. The van der Waals surface area contributed by atoms with E-state index in [1.54, 1.807) is 17.5 Å². The van der Waals surface area contributed by atoms with Crippen molar-refractivity contribution >= 4 is 11.3 Å². The molecule has 0 saturated heterocycles. The lowest BCUT2D eigenvalue weighted by molar-refractivity contribution is 0.427. The van der Waals surface area contributed by atoms with Crippen molar-refractivity contribution in [3.8, 4) is 17.3 Å². The number of thiophene rings is 1. The van der Waals surface area contributed by atoms with E-state index in [9.17, 15) is 4.39 Å². The predicted octanol–water partition coefficient (Wildman–Crippen LogP) is 2.45. The summed E-state index contributed by atoms with van der Waals surface area (Å²) in [6, 6.07) is 3.96. The van der Waals surface area contributed by atoms with Crippen LogP contribution < -0.4 is 0 Å². The highest BCUT2D eigenvalue weighted by atomic mass is 32.1. The summed E-state index contributed by atoms with van der Waals surface area (Å²) in [5, 5.41) is 16.9. The number of halogens is 1. The van der Waals surface area contributed by atoms with Gasteiger partial charge in [0.2, 0.25) is 0 Å². The van der Waals surface area contributed by atoms with E-state index in [0.29, 0.717) is 11.3 Å². The molecule has 2 heterocycles. The van der Waals surface area contributed by atoms with Crippen LogP contribution in [-0.4, -0.2) is 16.5 Å². The normalized spacial score (nSPS) is 10.1. The number of hydrogen-bond acceptors (Lipinski definition) is 3. The van der Waals surface area contributed by atoms with Crippen molar-refractivity contribution < 1.29 is 4.39 Å². The van der Waals surface area contributed by atoms with Gasteiger partial charge in [0.05, 0.1) is 12.1 Å². The third-order valence-electron chi connectivity index (χ3n) is 1.99. The van der Waals surface area contributed by atoms with E-state index in [1.807, 2.05) is 16.8 Å². The summed E-state index contributed by atoms with van der Waals surface area (Å²) in [7, 11) is 0. The molecule has 0 radical (unpaired) electrons. The molecule has 2 aromatic heterocycles. The van der Waals surface area contributed by atoms with E-state index in [2.05, 4.69) is 11.2 Å². The molecular weight excluding hydrogens is 213 g/mol. The zero-order valence-corrected chi connectivity index (χ0v) is 8.67. The minimum absolute atomic E-state index is 0.193. The van der Waals surface area contributed by atoms with Crippen LogP contribution in [0.25, 0.3) is 11.3 Å². The highest BCUT2D eigenvalue weighted by Crippen LogP contribution is 2.23. The van der Waals surface area contributed by atoms with Crippen molar-refractivity contribution in [3.05, 3.63) is 28.6 Å². The zero-order valence-electron chi connectivity index (χ0n) is 7.85. The number of nitrogens with zero attached hydrogens (tertiary/aromatic N) is 3. The molecule has 0 aliphatic carbocycles. The molecule has 76 valence electrons. The lowest BCUT2D eigenvalue weighted by Gasteiger charge is -1.93. The van der Waals surface area contributed by atoms with Crippen molar-refractivity contribution in [1.82, 2.24) is 9.78 Å². The summed E-state index contributed by atoms with van der Waals surface area (Å²) >= 11 is 1.54. The third kappa shape index (κ3) is 1.90. The van der Waals surface area contributed by atoms with Crippen LogP contribution in [0, 0.1) is 11.3 Å². The molecule has 2 rings (SSSR count). The van der Waals surface area contributed by atoms with Gasteiger partial charge in [-0.2, -0.15) is 21.7 Å². The quantitative estimate of drug-likeness (QED) is 0.798. The van der Waals surface area contributed by atoms with Crippen LogP contribution in [0.2, 0.25) is 0 Å². The summed E-state index contributed by atoms with van der Waals surface area (Å²) in [5.41, 5.74) is 2.03. The molecule has 0 unspecified atom stereocenters. The van der Waals surface area contributed by atoms with Gasteiger partial charge >= 0.3 is 0 Å². The van der Waals surface area contributed by atoms with Crippen molar-refractivity contribution in [1.29, 1.82) is 5.26 Å². The van der Waals surface area contributed by atoms with Crippen LogP contribution in [-0.2, 0) is 6.54 Å². The molecule has 0 aromatic carbocycles. The Balaban J connectivity index is 2.43. The van der Waals surface area contributed by atoms with E-state index in [4.69, 9.17) is 5.26 Å². The van der Waals surface area contributed by atoms with Gasteiger partial charge < -0.3 is 0 Å². The topological polar surface area (TPSA) is 41.6 Å². The number of aromatic nitrogens is 2. The first kappa shape index (κ1) is 9.87. The maximum Gasteiger partial charge on any atom is 0.111 e. The SMILES string of the molecule is N#Cc1cn(CCF)nc1-c1ccsc1. The fourth-order valence-corrected chi connectivity index (χ4v) is 1.96. The maximum atomic E-state index is 12.1. The second-order valence-electron chi connectivity index (χ2n) is 2.97. The predicted molar refractivity (Wildman–Crippen MR) is 56.2 cm³/mol. The number of rotatable bonds is 3. The van der Waals surface area contributed by atoms with Crippen LogP contribution in [0.4, 0.5) is 4.39 Å². The largest absolute Gasteiger partial charge is 0.268 e. The minimum atomic E-state index is -0.477. The Morgan fingerprint density at radius 1 is 1.60 bits per heavy atom. The Bertz CT molecular complexity index is 481. The Morgan fingerprint density at radius 2 is 2.47 bits per heavy atom. The van der Waals surface area contributed by atoms with Gasteiger partial charge in [0.25, 0.3) is 0 Å². The second-order valence-corrected chi connectivity index (χ2v) is 3.75. The number of alkyl halides is 1. The smallest absolute Gasteiger partial charge is 0.111 e. The molecule has 3 nitrogen and oxygen atoms in total. The van der Waals surface area contributed by atoms with Crippen LogP contribution in [0.3, 0.4) is 0 Å². The minimum Gasteiger partial charge on any atom is -0.268 e. The highest BCUT2D eigenvalue weighted by molar-refractivity contribution is 7.08. The van der Waals surface area contributed by atoms with E-state index in [1.165, 1.54) is 4.68 Å². The van der Waals surface area contributed by atoms with Crippen molar-refractivity contribution in [2.24, 2.45) is 0 Å². The number of aryl methyl sites for hydroxylation is 1.